The van der Waals surface area contributed by atoms with Crippen molar-refractivity contribution in [2.45, 2.75) is 12.5 Å². The fourth-order valence-corrected chi connectivity index (χ4v) is 2.95. The van der Waals surface area contributed by atoms with E-state index in [1.54, 1.807) is 0 Å². The molecule has 0 radical (unpaired) electrons. The van der Waals surface area contributed by atoms with Gasteiger partial charge in [0.25, 0.3) is 5.91 Å². The standard InChI is InChI=1S/C14H12N2O4S/c17-14(12-5-6-13(21-12)16(18)19)15-10-7-9-3-1-2-4-11(9)20-8-10/h1-6,10H,7-8H2,(H,15,17). The van der Waals surface area contributed by atoms with Crippen LogP contribution in [0.5, 0.6) is 5.75 Å². The van der Waals surface area contributed by atoms with Gasteiger partial charge in [0.15, 0.2) is 0 Å². The summed E-state index contributed by atoms with van der Waals surface area (Å²) in [6.45, 7) is 0.399. The second kappa shape index (κ2) is 5.53. The Bertz CT molecular complexity index is 698. The summed E-state index contributed by atoms with van der Waals surface area (Å²) in [6.07, 6.45) is 0.690. The average molecular weight is 304 g/mol. The molecule has 0 aliphatic carbocycles. The number of thiophene rings is 1. The topological polar surface area (TPSA) is 81.5 Å². The van der Waals surface area contributed by atoms with Crippen molar-refractivity contribution in [1.29, 1.82) is 0 Å². The molecular weight excluding hydrogens is 292 g/mol. The number of fused-ring (bicyclic) bond motifs is 1. The Balaban J connectivity index is 1.67. The maximum atomic E-state index is 12.1. The van der Waals surface area contributed by atoms with Crippen molar-refractivity contribution >= 4 is 22.2 Å². The van der Waals surface area contributed by atoms with Crippen molar-refractivity contribution in [3.8, 4) is 5.75 Å². The van der Waals surface area contributed by atoms with E-state index < -0.39 is 4.92 Å². The van der Waals surface area contributed by atoms with Crippen LogP contribution in [0.1, 0.15) is 15.2 Å². The molecule has 1 N–H and O–H groups in total. The molecule has 0 saturated heterocycles. The molecule has 1 atom stereocenters. The van der Waals surface area contributed by atoms with Crippen LogP contribution in [0.25, 0.3) is 0 Å². The molecule has 2 aromatic rings. The largest absolute Gasteiger partial charge is 0.491 e. The molecule has 3 rings (SSSR count). The van der Waals surface area contributed by atoms with Crippen LogP contribution in [0.3, 0.4) is 0 Å². The van der Waals surface area contributed by atoms with Gasteiger partial charge in [-0.15, -0.1) is 0 Å². The van der Waals surface area contributed by atoms with E-state index in [4.69, 9.17) is 4.74 Å². The number of nitro groups is 1. The Kier molecular flexibility index (Phi) is 3.57. The molecule has 21 heavy (non-hydrogen) atoms. The monoisotopic (exact) mass is 304 g/mol. The first-order chi connectivity index (χ1) is 10.1. The van der Waals surface area contributed by atoms with Gasteiger partial charge >= 0.3 is 5.00 Å². The first-order valence-corrected chi connectivity index (χ1v) is 7.21. The second-order valence-electron chi connectivity index (χ2n) is 4.69. The van der Waals surface area contributed by atoms with Crippen LogP contribution in [-0.4, -0.2) is 23.5 Å². The van der Waals surface area contributed by atoms with E-state index in [0.29, 0.717) is 17.9 Å². The second-order valence-corrected chi connectivity index (χ2v) is 5.75. The van der Waals surface area contributed by atoms with E-state index in [9.17, 15) is 14.9 Å². The Morgan fingerprint density at radius 1 is 1.33 bits per heavy atom. The summed E-state index contributed by atoms with van der Waals surface area (Å²) in [4.78, 5) is 22.5. The van der Waals surface area contributed by atoms with Gasteiger partial charge in [-0.2, -0.15) is 0 Å². The zero-order chi connectivity index (χ0) is 14.8. The normalized spacial score (nSPS) is 16.7. The number of hydrogen-bond acceptors (Lipinski definition) is 5. The SMILES string of the molecule is O=C(NC1COc2ccccc2C1)c1ccc([N+](=O)[O-])s1. The molecule has 1 aromatic heterocycles. The highest BCUT2D eigenvalue weighted by Crippen LogP contribution is 2.26. The third-order valence-electron chi connectivity index (χ3n) is 3.21. The molecule has 1 amide bonds. The van der Waals surface area contributed by atoms with Crippen molar-refractivity contribution < 1.29 is 14.5 Å². The number of amides is 1. The Morgan fingerprint density at radius 3 is 2.90 bits per heavy atom. The minimum absolute atomic E-state index is 0.0367. The summed E-state index contributed by atoms with van der Waals surface area (Å²) in [6, 6.07) is 10.4. The molecule has 0 saturated carbocycles. The van der Waals surface area contributed by atoms with Crippen molar-refractivity contribution in [3.05, 3.63) is 57.0 Å². The molecule has 7 heteroatoms. The highest BCUT2D eigenvalue weighted by atomic mass is 32.1. The van der Waals surface area contributed by atoms with Gasteiger partial charge in [0.1, 0.15) is 12.4 Å². The highest BCUT2D eigenvalue weighted by molar-refractivity contribution is 7.17. The van der Waals surface area contributed by atoms with Gasteiger partial charge in [0, 0.05) is 6.07 Å². The fraction of sp³-hybridized carbons (Fsp3) is 0.214. The smallest absolute Gasteiger partial charge is 0.324 e. The van der Waals surface area contributed by atoms with E-state index in [2.05, 4.69) is 5.32 Å². The summed E-state index contributed by atoms with van der Waals surface area (Å²) in [5.74, 6) is 0.538. The maximum Gasteiger partial charge on any atom is 0.324 e. The van der Waals surface area contributed by atoms with Gasteiger partial charge in [-0.3, -0.25) is 14.9 Å². The molecule has 0 bridgehead atoms. The number of rotatable bonds is 3. The number of carbonyl (C=O) groups excluding carboxylic acids is 1. The lowest BCUT2D eigenvalue weighted by Crippen LogP contribution is -2.42. The summed E-state index contributed by atoms with van der Waals surface area (Å²) >= 11 is 0.871. The minimum Gasteiger partial charge on any atom is -0.491 e. The molecule has 0 spiro atoms. The summed E-state index contributed by atoms with van der Waals surface area (Å²) in [7, 11) is 0. The van der Waals surface area contributed by atoms with E-state index in [1.165, 1.54) is 12.1 Å². The molecule has 2 heterocycles. The molecule has 1 aromatic carbocycles. The first-order valence-electron chi connectivity index (χ1n) is 6.39. The number of benzene rings is 1. The predicted molar refractivity (Wildman–Crippen MR) is 77.9 cm³/mol. The summed E-state index contributed by atoms with van der Waals surface area (Å²) in [5.41, 5.74) is 1.05. The number of hydrogen-bond donors (Lipinski definition) is 1. The van der Waals surface area contributed by atoms with E-state index >= 15 is 0 Å². The van der Waals surface area contributed by atoms with Gasteiger partial charge in [-0.05, 0) is 24.1 Å². The van der Waals surface area contributed by atoms with Crippen LogP contribution >= 0.6 is 11.3 Å². The molecule has 1 aliphatic rings. The number of nitrogens with zero attached hydrogens (tertiary/aromatic N) is 1. The predicted octanol–water partition coefficient (Wildman–Crippen LogP) is 2.39. The van der Waals surface area contributed by atoms with Crippen LogP contribution in [0, 0.1) is 10.1 Å². The maximum absolute atomic E-state index is 12.1. The zero-order valence-electron chi connectivity index (χ0n) is 10.9. The van der Waals surface area contributed by atoms with E-state index in [0.717, 1.165) is 22.6 Å². The average Bonchev–Trinajstić information content (AvgIpc) is 2.97. The Morgan fingerprint density at radius 2 is 2.14 bits per heavy atom. The molecular formula is C14H12N2O4S. The van der Waals surface area contributed by atoms with E-state index in [-0.39, 0.29) is 17.0 Å². The molecule has 6 nitrogen and oxygen atoms in total. The molecule has 1 aliphatic heterocycles. The fourth-order valence-electron chi connectivity index (χ4n) is 2.23. The van der Waals surface area contributed by atoms with Crippen LogP contribution in [0.2, 0.25) is 0 Å². The number of para-hydroxylation sites is 1. The van der Waals surface area contributed by atoms with Crippen LogP contribution in [-0.2, 0) is 6.42 Å². The third kappa shape index (κ3) is 2.87. The molecule has 0 fully saturated rings. The van der Waals surface area contributed by atoms with Crippen molar-refractivity contribution in [3.63, 3.8) is 0 Å². The van der Waals surface area contributed by atoms with Crippen molar-refractivity contribution in [2.24, 2.45) is 0 Å². The van der Waals surface area contributed by atoms with Crippen LogP contribution in [0.15, 0.2) is 36.4 Å². The Labute approximate surface area is 124 Å². The van der Waals surface area contributed by atoms with Crippen LogP contribution < -0.4 is 10.1 Å². The number of ether oxygens (including phenoxy) is 1. The van der Waals surface area contributed by atoms with Crippen molar-refractivity contribution in [1.82, 2.24) is 5.32 Å². The van der Waals surface area contributed by atoms with Crippen molar-refractivity contribution in [2.75, 3.05) is 6.61 Å². The number of nitrogens with one attached hydrogen (secondary N) is 1. The first kappa shape index (κ1) is 13.6. The summed E-state index contributed by atoms with van der Waals surface area (Å²) in [5, 5.41) is 13.4. The minimum atomic E-state index is -0.499. The molecule has 108 valence electrons. The van der Waals surface area contributed by atoms with Gasteiger partial charge in [-0.25, -0.2) is 0 Å². The quantitative estimate of drug-likeness (QED) is 0.697. The van der Waals surface area contributed by atoms with Crippen LogP contribution in [0.4, 0.5) is 5.00 Å². The number of carbonyl (C=O) groups is 1. The van der Waals surface area contributed by atoms with Gasteiger partial charge in [0.2, 0.25) is 0 Å². The van der Waals surface area contributed by atoms with Gasteiger partial charge in [0.05, 0.1) is 15.8 Å². The lowest BCUT2D eigenvalue weighted by Gasteiger charge is -2.25. The zero-order valence-corrected chi connectivity index (χ0v) is 11.8. The Hall–Kier alpha value is -2.41. The molecule has 1 unspecified atom stereocenters. The highest BCUT2D eigenvalue weighted by Gasteiger charge is 2.23. The van der Waals surface area contributed by atoms with Gasteiger partial charge < -0.3 is 10.1 Å². The van der Waals surface area contributed by atoms with Gasteiger partial charge in [-0.1, -0.05) is 29.5 Å². The van der Waals surface area contributed by atoms with E-state index in [1.807, 2.05) is 24.3 Å². The summed E-state index contributed by atoms with van der Waals surface area (Å²) < 4.78 is 5.60. The lowest BCUT2D eigenvalue weighted by molar-refractivity contribution is -0.380. The lowest BCUT2D eigenvalue weighted by atomic mass is 10.0. The third-order valence-corrected chi connectivity index (χ3v) is 4.25.